The van der Waals surface area contributed by atoms with Crippen LogP contribution in [0.1, 0.15) is 37.4 Å². The topological polar surface area (TPSA) is 29.5 Å². The summed E-state index contributed by atoms with van der Waals surface area (Å²) < 4.78 is 5.11. The molecule has 0 aliphatic heterocycles. The molecule has 102 valence electrons. The van der Waals surface area contributed by atoms with Crippen LogP contribution in [0.2, 0.25) is 0 Å². The van der Waals surface area contributed by atoms with E-state index in [1.807, 2.05) is 24.3 Å². The van der Waals surface area contributed by atoms with Gasteiger partial charge in [0.05, 0.1) is 7.11 Å². The van der Waals surface area contributed by atoms with E-state index in [-0.39, 0.29) is 0 Å². The van der Waals surface area contributed by atoms with Crippen molar-refractivity contribution in [3.05, 3.63) is 41.5 Å². The molecule has 1 N–H and O–H groups in total. The molecule has 0 heterocycles. The van der Waals surface area contributed by atoms with Crippen LogP contribution in [0.4, 0.5) is 0 Å². The van der Waals surface area contributed by atoms with Crippen molar-refractivity contribution in [2.45, 2.75) is 31.8 Å². The largest absolute Gasteiger partial charge is 0.497 e. The van der Waals surface area contributed by atoms with E-state index in [4.69, 9.17) is 4.74 Å². The summed E-state index contributed by atoms with van der Waals surface area (Å²) in [6.45, 7) is 0. The van der Waals surface area contributed by atoms with Crippen molar-refractivity contribution in [1.29, 1.82) is 0 Å². The van der Waals surface area contributed by atoms with Crippen molar-refractivity contribution in [3.63, 3.8) is 0 Å². The minimum atomic E-state index is -0.734. The van der Waals surface area contributed by atoms with Gasteiger partial charge in [0.15, 0.2) is 0 Å². The van der Waals surface area contributed by atoms with Gasteiger partial charge in [-0.2, -0.15) is 0 Å². The van der Waals surface area contributed by atoms with Crippen LogP contribution in [-0.2, 0) is 0 Å². The molecule has 2 nitrogen and oxygen atoms in total. The number of allylic oxidation sites excluding steroid dienone is 1. The molecule has 0 radical (unpaired) electrons. The lowest BCUT2D eigenvalue weighted by molar-refractivity contribution is 0.221. The number of aliphatic hydroxyl groups is 1. The van der Waals surface area contributed by atoms with Gasteiger partial charge < -0.3 is 9.84 Å². The first-order valence-electron chi connectivity index (χ1n) is 6.80. The van der Waals surface area contributed by atoms with Gasteiger partial charge in [0.1, 0.15) is 11.9 Å². The molecular weight excluding hydrogens is 248 g/mol. The zero-order valence-corrected chi connectivity index (χ0v) is 11.6. The molecule has 1 aromatic rings. The molecule has 0 bridgehead atoms. The molecule has 1 unspecified atom stereocenters. The predicted molar refractivity (Wildman–Crippen MR) is 80.1 cm³/mol. The minimum absolute atomic E-state index is 0.657. The fourth-order valence-electron chi connectivity index (χ4n) is 1.94. The summed E-state index contributed by atoms with van der Waals surface area (Å²) in [7, 11) is 1.62. The highest BCUT2D eigenvalue weighted by atomic mass is 16.5. The minimum Gasteiger partial charge on any atom is -0.497 e. The van der Waals surface area contributed by atoms with Crippen LogP contribution >= 0.6 is 0 Å². The standard InChI is InChI=1S/C18H18O2/c1-20-17-13-11-16(12-14-17)18(19)15-9-7-5-3-2-4-6-8-10-15/h10-14,18-19H,2-5H2,1H3/b15-10+. The quantitative estimate of drug-likeness (QED) is 0.851. The molecule has 2 heteroatoms. The van der Waals surface area contributed by atoms with Crippen LogP contribution in [0.15, 0.2) is 35.9 Å². The lowest BCUT2D eigenvalue weighted by Gasteiger charge is -2.11. The number of aliphatic hydroxyl groups excluding tert-OH is 1. The molecule has 2 rings (SSSR count). The van der Waals surface area contributed by atoms with Crippen molar-refractivity contribution < 1.29 is 9.84 Å². The predicted octanol–water partition coefficient (Wildman–Crippen LogP) is 3.24. The Morgan fingerprint density at radius 1 is 1.10 bits per heavy atom. The van der Waals surface area contributed by atoms with Gasteiger partial charge in [0.25, 0.3) is 0 Å². The van der Waals surface area contributed by atoms with E-state index in [1.165, 1.54) is 0 Å². The summed E-state index contributed by atoms with van der Waals surface area (Å²) in [5.41, 5.74) is 1.45. The molecule has 0 aromatic heterocycles. The Labute approximate surface area is 120 Å². The van der Waals surface area contributed by atoms with Gasteiger partial charge in [-0.25, -0.2) is 0 Å². The maximum atomic E-state index is 10.4. The molecule has 0 saturated carbocycles. The third-order valence-corrected chi connectivity index (χ3v) is 3.14. The maximum absolute atomic E-state index is 10.4. The summed E-state index contributed by atoms with van der Waals surface area (Å²) in [5.74, 6) is 13.0. The van der Waals surface area contributed by atoms with Gasteiger partial charge in [-0.15, -0.1) is 0 Å². The Morgan fingerprint density at radius 3 is 2.50 bits per heavy atom. The zero-order chi connectivity index (χ0) is 14.2. The van der Waals surface area contributed by atoms with E-state index < -0.39 is 6.10 Å². The van der Waals surface area contributed by atoms with Crippen LogP contribution in [0, 0.1) is 23.7 Å². The summed E-state index contributed by atoms with van der Waals surface area (Å²) >= 11 is 0. The lowest BCUT2D eigenvalue weighted by atomic mass is 10.0. The molecule has 1 aromatic carbocycles. The maximum Gasteiger partial charge on any atom is 0.118 e. The average molecular weight is 266 g/mol. The fourth-order valence-corrected chi connectivity index (χ4v) is 1.94. The van der Waals surface area contributed by atoms with Gasteiger partial charge in [0, 0.05) is 24.5 Å². The Morgan fingerprint density at radius 2 is 1.80 bits per heavy atom. The highest BCUT2D eigenvalue weighted by molar-refractivity contribution is 5.43. The molecule has 1 atom stereocenters. The Bertz CT molecular complexity index is 588. The van der Waals surface area contributed by atoms with E-state index in [0.717, 1.165) is 37.0 Å². The van der Waals surface area contributed by atoms with Crippen LogP contribution in [-0.4, -0.2) is 12.2 Å². The number of hydrogen-bond acceptors (Lipinski definition) is 2. The molecule has 0 spiro atoms. The SMILES string of the molecule is COc1ccc(C(O)/C2=C/C#CCCCCC#C2)cc1. The number of hydrogen-bond donors (Lipinski definition) is 1. The van der Waals surface area contributed by atoms with Gasteiger partial charge in [0.2, 0.25) is 0 Å². The van der Waals surface area contributed by atoms with E-state index in [9.17, 15) is 5.11 Å². The van der Waals surface area contributed by atoms with Gasteiger partial charge in [-0.3, -0.25) is 0 Å². The highest BCUT2D eigenvalue weighted by Gasteiger charge is 2.11. The average Bonchev–Trinajstić information content (AvgIpc) is 2.52. The van der Waals surface area contributed by atoms with Crippen LogP contribution in [0.3, 0.4) is 0 Å². The molecule has 0 fully saturated rings. The van der Waals surface area contributed by atoms with Crippen molar-refractivity contribution in [1.82, 2.24) is 0 Å². The first-order chi connectivity index (χ1) is 9.81. The van der Waals surface area contributed by atoms with E-state index in [1.54, 1.807) is 13.2 Å². The fraction of sp³-hybridized carbons (Fsp3) is 0.333. The van der Waals surface area contributed by atoms with Crippen molar-refractivity contribution in [2.24, 2.45) is 0 Å². The molecular formula is C18H18O2. The Hall–Kier alpha value is -2.16. The monoisotopic (exact) mass is 266 g/mol. The van der Waals surface area contributed by atoms with Crippen molar-refractivity contribution in [3.8, 4) is 29.4 Å². The zero-order valence-electron chi connectivity index (χ0n) is 11.6. The number of benzene rings is 1. The number of methoxy groups -OCH3 is 1. The smallest absolute Gasteiger partial charge is 0.118 e. The van der Waals surface area contributed by atoms with Crippen LogP contribution in [0.25, 0.3) is 0 Å². The van der Waals surface area contributed by atoms with Crippen molar-refractivity contribution in [2.75, 3.05) is 7.11 Å². The first-order valence-corrected chi connectivity index (χ1v) is 6.80. The second-order valence-corrected chi connectivity index (χ2v) is 4.61. The highest BCUT2D eigenvalue weighted by Crippen LogP contribution is 2.23. The van der Waals surface area contributed by atoms with Gasteiger partial charge in [-0.1, -0.05) is 35.8 Å². The number of ether oxygens (including phenoxy) is 1. The lowest BCUT2D eigenvalue weighted by Crippen LogP contribution is -2.00. The molecule has 0 amide bonds. The third kappa shape index (κ3) is 3.92. The second-order valence-electron chi connectivity index (χ2n) is 4.61. The Balaban J connectivity index is 2.23. The summed E-state index contributed by atoms with van der Waals surface area (Å²) in [4.78, 5) is 0. The molecule has 1 aliphatic carbocycles. The van der Waals surface area contributed by atoms with E-state index in [0.29, 0.717) is 5.57 Å². The number of rotatable bonds is 3. The summed E-state index contributed by atoms with van der Waals surface area (Å²) in [6, 6.07) is 7.35. The Kier molecular flexibility index (Phi) is 5.30. The summed E-state index contributed by atoms with van der Waals surface area (Å²) in [5, 5.41) is 10.4. The normalized spacial score (nSPS) is 18.4. The van der Waals surface area contributed by atoms with Gasteiger partial charge in [-0.05, 0) is 30.5 Å². The van der Waals surface area contributed by atoms with E-state index >= 15 is 0 Å². The molecule has 20 heavy (non-hydrogen) atoms. The van der Waals surface area contributed by atoms with Crippen LogP contribution in [0.5, 0.6) is 5.75 Å². The third-order valence-electron chi connectivity index (χ3n) is 3.14. The summed E-state index contributed by atoms with van der Waals surface area (Å²) in [6.07, 6.45) is 4.90. The molecule has 1 aliphatic rings. The van der Waals surface area contributed by atoms with Crippen molar-refractivity contribution >= 4 is 0 Å². The first kappa shape index (κ1) is 14.3. The van der Waals surface area contributed by atoms with Crippen LogP contribution < -0.4 is 4.74 Å². The van der Waals surface area contributed by atoms with Gasteiger partial charge >= 0.3 is 0 Å². The molecule has 0 saturated heterocycles. The van der Waals surface area contributed by atoms with E-state index in [2.05, 4.69) is 23.7 Å². The second kappa shape index (κ2) is 7.43.